The number of likely N-dealkylation sites (tertiary alicyclic amines) is 1. The molecule has 1 N–H and O–H groups in total. The second kappa shape index (κ2) is 8.18. The normalized spacial score (nSPS) is 16.5. The first kappa shape index (κ1) is 18.3. The minimum absolute atomic E-state index is 0.0933. The lowest BCUT2D eigenvalue weighted by Gasteiger charge is -2.34. The van der Waals surface area contributed by atoms with E-state index in [0.29, 0.717) is 16.8 Å². The van der Waals surface area contributed by atoms with Gasteiger partial charge in [0.1, 0.15) is 11.6 Å². The predicted octanol–water partition coefficient (Wildman–Crippen LogP) is 3.02. The van der Waals surface area contributed by atoms with Gasteiger partial charge in [-0.25, -0.2) is 0 Å². The highest BCUT2D eigenvalue weighted by atomic mass is 35.5. The van der Waals surface area contributed by atoms with Gasteiger partial charge in [-0.2, -0.15) is 5.26 Å². The van der Waals surface area contributed by atoms with Crippen LogP contribution < -0.4 is 5.32 Å². The number of rotatable bonds is 4. The lowest BCUT2D eigenvalue weighted by atomic mass is 10.0. The van der Waals surface area contributed by atoms with E-state index >= 15 is 0 Å². The molecule has 1 heterocycles. The molecule has 0 atom stereocenters. The molecule has 1 aliphatic heterocycles. The number of piperidine rings is 1. The molecule has 6 heteroatoms. The summed E-state index contributed by atoms with van der Waals surface area (Å²) >= 11 is 5.97. The van der Waals surface area contributed by atoms with Crippen molar-refractivity contribution in [1.29, 1.82) is 5.26 Å². The van der Waals surface area contributed by atoms with E-state index < -0.39 is 5.91 Å². The van der Waals surface area contributed by atoms with Crippen molar-refractivity contribution < 1.29 is 4.79 Å². The van der Waals surface area contributed by atoms with E-state index in [2.05, 4.69) is 17.3 Å². The van der Waals surface area contributed by atoms with E-state index in [1.165, 1.54) is 0 Å². The van der Waals surface area contributed by atoms with E-state index in [1.807, 2.05) is 31.0 Å². The minimum atomic E-state index is -0.414. The number of benzene rings is 1. The van der Waals surface area contributed by atoms with Gasteiger partial charge >= 0.3 is 0 Å². The second-order valence-corrected chi connectivity index (χ2v) is 6.70. The zero-order valence-electron chi connectivity index (χ0n) is 14.3. The van der Waals surface area contributed by atoms with Crippen LogP contribution in [0.15, 0.2) is 30.0 Å². The molecule has 1 aliphatic rings. The fourth-order valence-electron chi connectivity index (χ4n) is 2.77. The topological polar surface area (TPSA) is 59.4 Å². The van der Waals surface area contributed by atoms with Gasteiger partial charge in [-0.1, -0.05) is 17.7 Å². The third-order valence-corrected chi connectivity index (χ3v) is 4.64. The molecular weight excluding hydrogens is 324 g/mol. The Labute approximate surface area is 148 Å². The van der Waals surface area contributed by atoms with Gasteiger partial charge in [-0.3, -0.25) is 4.79 Å². The Morgan fingerprint density at radius 1 is 1.46 bits per heavy atom. The van der Waals surface area contributed by atoms with Gasteiger partial charge in [0.15, 0.2) is 0 Å². The molecule has 1 amide bonds. The monoisotopic (exact) mass is 346 g/mol. The number of anilines is 1. The molecule has 0 saturated carbocycles. The number of amides is 1. The standard InChI is InChI=1S/C18H23ClN4O/c1-13-4-5-15(19)10-17(13)21-18(24)14(11-20)12-23(3)16-6-8-22(2)9-7-16/h4-5,10,12,16H,6-9H2,1-3H3,(H,21,24)/b14-12-. The molecule has 0 unspecified atom stereocenters. The van der Waals surface area contributed by atoms with Crippen molar-refractivity contribution in [3.05, 3.63) is 40.6 Å². The highest BCUT2D eigenvalue weighted by Gasteiger charge is 2.20. The van der Waals surface area contributed by atoms with Crippen LogP contribution in [0.25, 0.3) is 0 Å². The Kier molecular flexibility index (Phi) is 6.24. The summed E-state index contributed by atoms with van der Waals surface area (Å²) in [6.07, 6.45) is 3.69. The summed E-state index contributed by atoms with van der Waals surface area (Å²) < 4.78 is 0. The Hall–Kier alpha value is -2.03. The van der Waals surface area contributed by atoms with Crippen molar-refractivity contribution in [3.63, 3.8) is 0 Å². The van der Waals surface area contributed by atoms with Crippen LogP contribution in [0.2, 0.25) is 5.02 Å². The number of nitriles is 1. The fraction of sp³-hybridized carbons (Fsp3) is 0.444. The first-order valence-corrected chi connectivity index (χ1v) is 8.38. The molecule has 0 spiro atoms. The number of nitrogens with one attached hydrogen (secondary N) is 1. The van der Waals surface area contributed by atoms with Crippen molar-refractivity contribution in [2.75, 3.05) is 32.5 Å². The van der Waals surface area contributed by atoms with Crippen LogP contribution in [0.1, 0.15) is 18.4 Å². The molecule has 0 aliphatic carbocycles. The maximum absolute atomic E-state index is 12.4. The van der Waals surface area contributed by atoms with Crippen molar-refractivity contribution in [1.82, 2.24) is 9.80 Å². The highest BCUT2D eigenvalue weighted by molar-refractivity contribution is 6.31. The van der Waals surface area contributed by atoms with Crippen molar-refractivity contribution in [2.45, 2.75) is 25.8 Å². The molecule has 0 aromatic heterocycles. The molecule has 24 heavy (non-hydrogen) atoms. The summed E-state index contributed by atoms with van der Waals surface area (Å²) in [6, 6.07) is 7.63. The molecule has 0 radical (unpaired) electrons. The quantitative estimate of drug-likeness (QED) is 0.672. The molecular formula is C18H23ClN4O. The van der Waals surface area contributed by atoms with Crippen LogP contribution >= 0.6 is 11.6 Å². The molecule has 5 nitrogen and oxygen atoms in total. The van der Waals surface area contributed by atoms with Gasteiger partial charge in [-0.15, -0.1) is 0 Å². The Balaban J connectivity index is 2.08. The molecule has 1 saturated heterocycles. The fourth-order valence-corrected chi connectivity index (χ4v) is 2.94. The van der Waals surface area contributed by atoms with E-state index in [4.69, 9.17) is 11.6 Å². The summed E-state index contributed by atoms with van der Waals surface area (Å²) in [5.41, 5.74) is 1.61. The second-order valence-electron chi connectivity index (χ2n) is 6.27. The van der Waals surface area contributed by atoms with E-state index in [9.17, 15) is 10.1 Å². The first-order chi connectivity index (χ1) is 11.4. The van der Waals surface area contributed by atoms with E-state index in [0.717, 1.165) is 31.5 Å². The van der Waals surface area contributed by atoms with Gasteiger partial charge in [0, 0.05) is 30.0 Å². The number of hydrogen-bond acceptors (Lipinski definition) is 4. The van der Waals surface area contributed by atoms with Gasteiger partial charge in [0.05, 0.1) is 0 Å². The van der Waals surface area contributed by atoms with Crippen molar-refractivity contribution >= 4 is 23.2 Å². The van der Waals surface area contributed by atoms with Crippen LogP contribution in [0.3, 0.4) is 0 Å². The molecule has 2 rings (SSSR count). The third kappa shape index (κ3) is 4.73. The average Bonchev–Trinajstić information content (AvgIpc) is 2.56. The van der Waals surface area contributed by atoms with Gasteiger partial charge in [0.25, 0.3) is 5.91 Å². The average molecular weight is 347 g/mol. The van der Waals surface area contributed by atoms with Crippen LogP contribution in [0.4, 0.5) is 5.69 Å². The number of aryl methyl sites for hydroxylation is 1. The van der Waals surface area contributed by atoms with Crippen LogP contribution in [-0.2, 0) is 4.79 Å². The lowest BCUT2D eigenvalue weighted by molar-refractivity contribution is -0.112. The van der Waals surface area contributed by atoms with Crippen LogP contribution in [0.5, 0.6) is 0 Å². The molecule has 1 aromatic carbocycles. The number of nitrogens with zero attached hydrogens (tertiary/aromatic N) is 3. The van der Waals surface area contributed by atoms with Crippen molar-refractivity contribution in [2.24, 2.45) is 0 Å². The largest absolute Gasteiger partial charge is 0.376 e. The Bertz CT molecular complexity index is 672. The van der Waals surface area contributed by atoms with Crippen LogP contribution in [0, 0.1) is 18.3 Å². The smallest absolute Gasteiger partial charge is 0.267 e. The number of carbonyl (C=O) groups is 1. The maximum atomic E-state index is 12.4. The molecule has 1 aromatic rings. The Morgan fingerprint density at radius 3 is 2.75 bits per heavy atom. The molecule has 128 valence electrons. The lowest BCUT2D eigenvalue weighted by Crippen LogP contribution is -2.40. The summed E-state index contributed by atoms with van der Waals surface area (Å²) in [4.78, 5) is 16.7. The minimum Gasteiger partial charge on any atom is -0.376 e. The zero-order valence-corrected chi connectivity index (χ0v) is 15.1. The van der Waals surface area contributed by atoms with Crippen molar-refractivity contribution in [3.8, 4) is 6.07 Å². The summed E-state index contributed by atoms with van der Waals surface area (Å²) in [5, 5.41) is 12.7. The predicted molar refractivity (Wildman–Crippen MR) is 96.8 cm³/mol. The number of halogens is 1. The SMILES string of the molecule is Cc1ccc(Cl)cc1NC(=O)/C(C#N)=C\N(C)C1CCN(C)CC1. The number of hydrogen-bond donors (Lipinski definition) is 1. The third-order valence-electron chi connectivity index (χ3n) is 4.41. The summed E-state index contributed by atoms with van der Waals surface area (Å²) in [6.45, 7) is 3.93. The van der Waals surface area contributed by atoms with Gasteiger partial charge in [-0.05, 0) is 57.6 Å². The molecule has 0 bridgehead atoms. The zero-order chi connectivity index (χ0) is 17.7. The highest BCUT2D eigenvalue weighted by Crippen LogP contribution is 2.21. The maximum Gasteiger partial charge on any atom is 0.267 e. The van der Waals surface area contributed by atoms with Crippen LogP contribution in [-0.4, -0.2) is 48.9 Å². The van der Waals surface area contributed by atoms with Gasteiger partial charge < -0.3 is 15.1 Å². The van der Waals surface area contributed by atoms with E-state index in [1.54, 1.807) is 18.3 Å². The van der Waals surface area contributed by atoms with Gasteiger partial charge in [0.2, 0.25) is 0 Å². The Morgan fingerprint density at radius 2 is 2.12 bits per heavy atom. The summed E-state index contributed by atoms with van der Waals surface area (Å²) in [5.74, 6) is -0.414. The molecule has 1 fully saturated rings. The number of carbonyl (C=O) groups excluding carboxylic acids is 1. The summed E-state index contributed by atoms with van der Waals surface area (Å²) in [7, 11) is 4.03. The van der Waals surface area contributed by atoms with E-state index in [-0.39, 0.29) is 5.57 Å². The first-order valence-electron chi connectivity index (χ1n) is 8.00.